The van der Waals surface area contributed by atoms with Crippen molar-refractivity contribution in [3.8, 4) is 0 Å². The van der Waals surface area contributed by atoms with Gasteiger partial charge in [-0.3, -0.25) is 4.79 Å². The van der Waals surface area contributed by atoms with Crippen molar-refractivity contribution < 1.29 is 14.7 Å². The van der Waals surface area contributed by atoms with Gasteiger partial charge in [0.25, 0.3) is 0 Å². The third-order valence-corrected chi connectivity index (χ3v) is 2.87. The Balaban J connectivity index is 2.45. The Morgan fingerprint density at radius 2 is 2.24 bits per heavy atom. The molecule has 0 bridgehead atoms. The maximum atomic E-state index is 11.7. The van der Waals surface area contributed by atoms with Crippen LogP contribution in [0.5, 0.6) is 0 Å². The van der Waals surface area contributed by atoms with Gasteiger partial charge in [0.1, 0.15) is 0 Å². The summed E-state index contributed by atoms with van der Waals surface area (Å²) in [4.78, 5) is 24.1. The van der Waals surface area contributed by atoms with Crippen LogP contribution in [0.4, 0.5) is 5.69 Å². The highest BCUT2D eigenvalue weighted by Gasteiger charge is 2.30. The number of aromatic carboxylic acids is 1. The van der Waals surface area contributed by atoms with E-state index in [2.05, 4.69) is 0 Å². The molecule has 1 aliphatic rings. The number of rotatable bonds is 2. The molecule has 1 atom stereocenters. The molecule has 2 rings (SSSR count). The highest BCUT2D eigenvalue weighted by molar-refractivity contribution is 6.31. The fourth-order valence-corrected chi connectivity index (χ4v) is 2.06. The SMILES string of the molecule is NC1CC(=O)N(c2ccc(Cl)cc2C(=O)O)C1. The van der Waals surface area contributed by atoms with Crippen molar-refractivity contribution in [3.05, 3.63) is 28.8 Å². The summed E-state index contributed by atoms with van der Waals surface area (Å²) in [5, 5.41) is 9.40. The molecule has 1 aromatic rings. The minimum absolute atomic E-state index is 0.0138. The highest BCUT2D eigenvalue weighted by Crippen LogP contribution is 2.27. The summed E-state index contributed by atoms with van der Waals surface area (Å²) in [5.74, 6) is -1.28. The van der Waals surface area contributed by atoms with E-state index in [0.29, 0.717) is 17.3 Å². The first-order valence-corrected chi connectivity index (χ1v) is 5.45. The van der Waals surface area contributed by atoms with Gasteiger partial charge in [-0.1, -0.05) is 11.6 Å². The van der Waals surface area contributed by atoms with Crippen molar-refractivity contribution in [2.24, 2.45) is 5.73 Å². The van der Waals surface area contributed by atoms with E-state index < -0.39 is 5.97 Å². The Labute approximate surface area is 103 Å². The van der Waals surface area contributed by atoms with Crippen LogP contribution in [0.2, 0.25) is 5.02 Å². The number of anilines is 1. The van der Waals surface area contributed by atoms with Crippen molar-refractivity contribution in [1.82, 2.24) is 0 Å². The van der Waals surface area contributed by atoms with Gasteiger partial charge in [-0.15, -0.1) is 0 Å². The number of halogens is 1. The summed E-state index contributed by atoms with van der Waals surface area (Å²) in [6, 6.07) is 4.17. The number of benzene rings is 1. The predicted octanol–water partition coefficient (Wildman–Crippen LogP) is 1.10. The molecule has 0 saturated carbocycles. The lowest BCUT2D eigenvalue weighted by atomic mass is 10.1. The van der Waals surface area contributed by atoms with Crippen molar-refractivity contribution in [2.45, 2.75) is 12.5 Å². The maximum Gasteiger partial charge on any atom is 0.337 e. The number of carbonyl (C=O) groups is 2. The second-order valence-corrected chi connectivity index (χ2v) is 4.37. The number of carbonyl (C=O) groups excluding carboxylic acids is 1. The molecule has 90 valence electrons. The number of carboxylic acid groups (broad SMARTS) is 1. The first-order valence-electron chi connectivity index (χ1n) is 5.08. The minimum Gasteiger partial charge on any atom is -0.478 e. The maximum absolute atomic E-state index is 11.7. The number of amides is 1. The first-order chi connectivity index (χ1) is 7.99. The average Bonchev–Trinajstić information content (AvgIpc) is 2.57. The molecule has 0 aromatic heterocycles. The fourth-order valence-electron chi connectivity index (χ4n) is 1.88. The van der Waals surface area contributed by atoms with E-state index >= 15 is 0 Å². The van der Waals surface area contributed by atoms with Crippen LogP contribution in [-0.4, -0.2) is 29.6 Å². The van der Waals surface area contributed by atoms with Gasteiger partial charge in [-0.25, -0.2) is 4.79 Å². The van der Waals surface area contributed by atoms with Crippen LogP contribution in [0, 0.1) is 0 Å². The number of hydrogen-bond donors (Lipinski definition) is 2. The third kappa shape index (κ3) is 2.25. The Hall–Kier alpha value is -1.59. The lowest BCUT2D eigenvalue weighted by Crippen LogP contribution is -2.29. The molecule has 1 fully saturated rings. The molecular formula is C11H11ClN2O3. The lowest BCUT2D eigenvalue weighted by Gasteiger charge is -2.18. The summed E-state index contributed by atoms with van der Waals surface area (Å²) < 4.78 is 0. The van der Waals surface area contributed by atoms with Gasteiger partial charge in [0.15, 0.2) is 0 Å². The van der Waals surface area contributed by atoms with E-state index in [1.165, 1.54) is 17.0 Å². The van der Waals surface area contributed by atoms with Crippen LogP contribution in [0.3, 0.4) is 0 Å². The third-order valence-electron chi connectivity index (χ3n) is 2.63. The molecule has 1 saturated heterocycles. The fraction of sp³-hybridized carbons (Fsp3) is 0.273. The Morgan fingerprint density at radius 3 is 2.76 bits per heavy atom. The molecule has 6 heteroatoms. The summed E-state index contributed by atoms with van der Waals surface area (Å²) in [5.41, 5.74) is 6.03. The second kappa shape index (κ2) is 4.35. The summed E-state index contributed by atoms with van der Waals surface area (Å²) >= 11 is 5.74. The highest BCUT2D eigenvalue weighted by atomic mass is 35.5. The topological polar surface area (TPSA) is 83.6 Å². The molecular weight excluding hydrogens is 244 g/mol. The Bertz CT molecular complexity index is 490. The zero-order valence-corrected chi connectivity index (χ0v) is 9.65. The molecule has 5 nitrogen and oxygen atoms in total. The van der Waals surface area contributed by atoms with Crippen molar-refractivity contribution >= 4 is 29.2 Å². The molecule has 1 unspecified atom stereocenters. The first kappa shape index (κ1) is 11.9. The molecule has 3 N–H and O–H groups in total. The van der Waals surface area contributed by atoms with E-state index in [1.807, 2.05) is 0 Å². The van der Waals surface area contributed by atoms with Gasteiger partial charge < -0.3 is 15.7 Å². The molecule has 1 aliphatic heterocycles. The van der Waals surface area contributed by atoms with Crippen LogP contribution >= 0.6 is 11.6 Å². The number of hydrogen-bond acceptors (Lipinski definition) is 3. The standard InChI is InChI=1S/C11H11ClN2O3/c12-6-1-2-9(8(3-6)11(16)17)14-5-7(13)4-10(14)15/h1-3,7H,4-5,13H2,(H,16,17). The molecule has 1 amide bonds. The van der Waals surface area contributed by atoms with Gasteiger partial charge in [0.2, 0.25) is 5.91 Å². The second-order valence-electron chi connectivity index (χ2n) is 3.94. The van der Waals surface area contributed by atoms with Gasteiger partial charge in [0, 0.05) is 24.0 Å². The zero-order valence-electron chi connectivity index (χ0n) is 8.89. The number of nitrogens with two attached hydrogens (primary N) is 1. The predicted molar refractivity (Wildman–Crippen MR) is 63.4 cm³/mol. The molecule has 1 aromatic carbocycles. The van der Waals surface area contributed by atoms with E-state index in [1.54, 1.807) is 6.07 Å². The van der Waals surface area contributed by atoms with Gasteiger partial charge >= 0.3 is 5.97 Å². The lowest BCUT2D eigenvalue weighted by molar-refractivity contribution is -0.117. The number of carboxylic acids is 1. The molecule has 17 heavy (non-hydrogen) atoms. The van der Waals surface area contributed by atoms with E-state index in [-0.39, 0.29) is 23.9 Å². The van der Waals surface area contributed by atoms with E-state index in [9.17, 15) is 9.59 Å². The molecule has 1 heterocycles. The molecule has 0 spiro atoms. The summed E-state index contributed by atoms with van der Waals surface area (Å²) in [6.07, 6.45) is 0.238. The van der Waals surface area contributed by atoms with E-state index in [4.69, 9.17) is 22.4 Å². The van der Waals surface area contributed by atoms with Crippen molar-refractivity contribution in [3.63, 3.8) is 0 Å². The largest absolute Gasteiger partial charge is 0.478 e. The molecule has 0 aliphatic carbocycles. The van der Waals surface area contributed by atoms with Crippen LogP contribution < -0.4 is 10.6 Å². The normalized spacial score (nSPS) is 19.8. The quantitative estimate of drug-likeness (QED) is 0.828. The van der Waals surface area contributed by atoms with Crippen LogP contribution in [-0.2, 0) is 4.79 Å². The summed E-state index contributed by atoms with van der Waals surface area (Å²) in [6.45, 7) is 0.334. The minimum atomic E-state index is -1.12. The van der Waals surface area contributed by atoms with Crippen molar-refractivity contribution in [2.75, 3.05) is 11.4 Å². The van der Waals surface area contributed by atoms with Crippen LogP contribution in [0.1, 0.15) is 16.8 Å². The van der Waals surface area contributed by atoms with Gasteiger partial charge in [-0.2, -0.15) is 0 Å². The monoisotopic (exact) mass is 254 g/mol. The van der Waals surface area contributed by atoms with Crippen LogP contribution in [0.15, 0.2) is 18.2 Å². The Morgan fingerprint density at radius 1 is 1.53 bits per heavy atom. The van der Waals surface area contributed by atoms with Gasteiger partial charge in [-0.05, 0) is 18.2 Å². The zero-order chi connectivity index (χ0) is 12.6. The van der Waals surface area contributed by atoms with Gasteiger partial charge in [0.05, 0.1) is 11.3 Å². The molecule has 0 radical (unpaired) electrons. The number of nitrogens with zero attached hydrogens (tertiary/aromatic N) is 1. The van der Waals surface area contributed by atoms with E-state index in [0.717, 1.165) is 0 Å². The average molecular weight is 255 g/mol. The summed E-state index contributed by atoms with van der Waals surface area (Å²) in [7, 11) is 0. The smallest absolute Gasteiger partial charge is 0.337 e. The van der Waals surface area contributed by atoms with Crippen LogP contribution in [0.25, 0.3) is 0 Å². The Kier molecular flexibility index (Phi) is 3.04. The van der Waals surface area contributed by atoms with Crippen molar-refractivity contribution in [1.29, 1.82) is 0 Å².